The van der Waals surface area contributed by atoms with E-state index in [1.165, 1.54) is 44.7 Å². The Labute approximate surface area is 96.9 Å². The highest BCUT2D eigenvalue weighted by molar-refractivity contribution is 5.06. The monoisotopic (exact) mass is 217 g/mol. The average Bonchev–Trinajstić information content (AvgIpc) is 2.30. The first-order chi connectivity index (χ1) is 7.86. The third kappa shape index (κ3) is 1.97. The van der Waals surface area contributed by atoms with E-state index < -0.39 is 0 Å². The van der Waals surface area contributed by atoms with E-state index >= 15 is 0 Å². The lowest BCUT2D eigenvalue weighted by Crippen LogP contribution is -2.59. The van der Waals surface area contributed by atoms with Crippen LogP contribution in [-0.4, -0.2) is 36.1 Å². The van der Waals surface area contributed by atoms with E-state index in [4.69, 9.17) is 0 Å². The smallest absolute Gasteiger partial charge is 0.0543 e. The van der Waals surface area contributed by atoms with Crippen molar-refractivity contribution in [2.75, 3.05) is 26.2 Å². The largest absolute Gasteiger partial charge is 0.317 e. The van der Waals surface area contributed by atoms with E-state index in [0.717, 1.165) is 6.54 Å². The Kier molecular flexibility index (Phi) is 2.65. The van der Waals surface area contributed by atoms with Gasteiger partial charge in [-0.25, -0.2) is 0 Å². The van der Waals surface area contributed by atoms with Gasteiger partial charge in [0, 0.05) is 25.8 Å². The Bertz CT molecular complexity index is 335. The number of hydrogen-bond donors (Lipinski definition) is 1. The van der Waals surface area contributed by atoms with Gasteiger partial charge in [0.2, 0.25) is 0 Å². The molecule has 0 bridgehead atoms. The molecule has 0 aromatic carbocycles. The molecule has 0 aliphatic carbocycles. The van der Waals surface area contributed by atoms with Gasteiger partial charge in [-0.3, -0.25) is 9.88 Å². The van der Waals surface area contributed by atoms with E-state index in [-0.39, 0.29) is 0 Å². The second-order valence-corrected chi connectivity index (χ2v) is 5.22. The van der Waals surface area contributed by atoms with Crippen LogP contribution in [0.1, 0.15) is 18.5 Å². The molecule has 2 aliphatic heterocycles. The summed E-state index contributed by atoms with van der Waals surface area (Å²) in [6.45, 7) is 5.97. The molecule has 1 aromatic heterocycles. The number of nitrogens with zero attached hydrogens (tertiary/aromatic N) is 2. The maximum absolute atomic E-state index is 4.38. The van der Waals surface area contributed by atoms with Gasteiger partial charge in [0.05, 0.1) is 5.69 Å². The summed E-state index contributed by atoms with van der Waals surface area (Å²) in [5, 5.41) is 3.44. The lowest BCUT2D eigenvalue weighted by molar-refractivity contribution is -0.0289. The molecular formula is C13H19N3. The Hall–Kier alpha value is -0.930. The van der Waals surface area contributed by atoms with Crippen LogP contribution in [0.4, 0.5) is 0 Å². The lowest BCUT2D eigenvalue weighted by atomic mass is 9.72. The standard InChI is InChI=1S/C13H19N3/c1-2-6-15-12(3-1)9-16-10-13(11-16)4-7-14-8-5-13/h1-3,6,14H,4-5,7-11H2. The fourth-order valence-corrected chi connectivity index (χ4v) is 3.01. The summed E-state index contributed by atoms with van der Waals surface area (Å²) < 4.78 is 0. The maximum Gasteiger partial charge on any atom is 0.0543 e. The molecular weight excluding hydrogens is 198 g/mol. The second-order valence-electron chi connectivity index (χ2n) is 5.22. The second kappa shape index (κ2) is 4.15. The summed E-state index contributed by atoms with van der Waals surface area (Å²) in [5.41, 5.74) is 1.84. The number of aromatic nitrogens is 1. The van der Waals surface area contributed by atoms with Crippen LogP contribution in [0.25, 0.3) is 0 Å². The van der Waals surface area contributed by atoms with Gasteiger partial charge in [-0.05, 0) is 43.5 Å². The van der Waals surface area contributed by atoms with E-state index in [0.29, 0.717) is 5.41 Å². The molecule has 3 rings (SSSR count). The Morgan fingerprint density at radius 2 is 2.06 bits per heavy atom. The van der Waals surface area contributed by atoms with Crippen LogP contribution in [0.2, 0.25) is 0 Å². The first-order valence-corrected chi connectivity index (χ1v) is 6.19. The molecule has 3 heterocycles. The van der Waals surface area contributed by atoms with Crippen LogP contribution in [0, 0.1) is 5.41 Å². The van der Waals surface area contributed by atoms with Crippen molar-refractivity contribution < 1.29 is 0 Å². The zero-order valence-corrected chi connectivity index (χ0v) is 9.65. The molecule has 2 saturated heterocycles. The van der Waals surface area contributed by atoms with Crippen molar-refractivity contribution in [1.29, 1.82) is 0 Å². The highest BCUT2D eigenvalue weighted by Crippen LogP contribution is 2.38. The summed E-state index contributed by atoms with van der Waals surface area (Å²) in [7, 11) is 0. The average molecular weight is 217 g/mol. The van der Waals surface area contributed by atoms with Crippen LogP contribution in [0.15, 0.2) is 24.4 Å². The number of nitrogens with one attached hydrogen (secondary N) is 1. The maximum atomic E-state index is 4.38. The zero-order chi connectivity index (χ0) is 10.8. The summed E-state index contributed by atoms with van der Waals surface area (Å²) in [4.78, 5) is 6.90. The van der Waals surface area contributed by atoms with Crippen LogP contribution < -0.4 is 5.32 Å². The summed E-state index contributed by atoms with van der Waals surface area (Å²) in [5.74, 6) is 0. The molecule has 0 unspecified atom stereocenters. The predicted molar refractivity (Wildman–Crippen MR) is 64.1 cm³/mol. The number of hydrogen-bond acceptors (Lipinski definition) is 3. The molecule has 2 fully saturated rings. The topological polar surface area (TPSA) is 28.2 Å². The van der Waals surface area contributed by atoms with Crippen molar-refractivity contribution >= 4 is 0 Å². The SMILES string of the molecule is c1ccc(CN2CC3(CCNCC3)C2)nc1. The summed E-state index contributed by atoms with van der Waals surface area (Å²) in [6.07, 6.45) is 4.59. The summed E-state index contributed by atoms with van der Waals surface area (Å²) in [6, 6.07) is 6.17. The molecule has 1 N–H and O–H groups in total. The summed E-state index contributed by atoms with van der Waals surface area (Å²) >= 11 is 0. The fourth-order valence-electron chi connectivity index (χ4n) is 3.01. The van der Waals surface area contributed by atoms with Crippen LogP contribution in [0.3, 0.4) is 0 Å². The van der Waals surface area contributed by atoms with E-state index in [2.05, 4.69) is 27.3 Å². The Balaban J connectivity index is 1.53. The molecule has 0 atom stereocenters. The van der Waals surface area contributed by atoms with Crippen LogP contribution >= 0.6 is 0 Å². The van der Waals surface area contributed by atoms with E-state index in [9.17, 15) is 0 Å². The number of pyridine rings is 1. The van der Waals surface area contributed by atoms with Gasteiger partial charge in [0.1, 0.15) is 0 Å². The minimum Gasteiger partial charge on any atom is -0.317 e. The highest BCUT2D eigenvalue weighted by atomic mass is 15.2. The van der Waals surface area contributed by atoms with Crippen molar-refractivity contribution in [3.8, 4) is 0 Å². The lowest BCUT2D eigenvalue weighted by Gasteiger charge is -2.52. The van der Waals surface area contributed by atoms with Crippen molar-refractivity contribution in [2.24, 2.45) is 5.41 Å². The molecule has 2 aliphatic rings. The highest BCUT2D eigenvalue weighted by Gasteiger charge is 2.42. The number of rotatable bonds is 2. The van der Waals surface area contributed by atoms with E-state index in [1.54, 1.807) is 0 Å². The predicted octanol–water partition coefficient (Wildman–Crippen LogP) is 1.27. The first-order valence-electron chi connectivity index (χ1n) is 6.19. The number of likely N-dealkylation sites (tertiary alicyclic amines) is 1. The van der Waals surface area contributed by atoms with Gasteiger partial charge in [0.25, 0.3) is 0 Å². The van der Waals surface area contributed by atoms with Gasteiger partial charge in [0.15, 0.2) is 0 Å². The minimum atomic E-state index is 0.639. The third-order valence-corrected chi connectivity index (χ3v) is 3.89. The normalized spacial score (nSPS) is 24.2. The Morgan fingerprint density at radius 1 is 1.25 bits per heavy atom. The van der Waals surface area contributed by atoms with Crippen molar-refractivity contribution in [3.05, 3.63) is 30.1 Å². The van der Waals surface area contributed by atoms with Crippen molar-refractivity contribution in [3.63, 3.8) is 0 Å². The molecule has 0 amide bonds. The molecule has 0 radical (unpaired) electrons. The molecule has 1 aromatic rings. The van der Waals surface area contributed by atoms with Gasteiger partial charge in [-0.2, -0.15) is 0 Å². The van der Waals surface area contributed by atoms with Crippen LogP contribution in [0.5, 0.6) is 0 Å². The minimum absolute atomic E-state index is 0.639. The fraction of sp³-hybridized carbons (Fsp3) is 0.615. The Morgan fingerprint density at radius 3 is 2.75 bits per heavy atom. The van der Waals surface area contributed by atoms with Crippen molar-refractivity contribution in [2.45, 2.75) is 19.4 Å². The number of piperidine rings is 1. The third-order valence-electron chi connectivity index (χ3n) is 3.89. The molecule has 1 spiro atoms. The van der Waals surface area contributed by atoms with Crippen molar-refractivity contribution in [1.82, 2.24) is 15.2 Å². The molecule has 16 heavy (non-hydrogen) atoms. The van der Waals surface area contributed by atoms with Gasteiger partial charge in [-0.1, -0.05) is 6.07 Å². The first kappa shape index (κ1) is 10.2. The zero-order valence-electron chi connectivity index (χ0n) is 9.65. The quantitative estimate of drug-likeness (QED) is 0.808. The van der Waals surface area contributed by atoms with Gasteiger partial charge in [-0.15, -0.1) is 0 Å². The van der Waals surface area contributed by atoms with E-state index in [1.807, 2.05) is 12.3 Å². The molecule has 3 heteroatoms. The molecule has 3 nitrogen and oxygen atoms in total. The molecule has 86 valence electrons. The van der Waals surface area contributed by atoms with Crippen LogP contribution in [-0.2, 0) is 6.54 Å². The van der Waals surface area contributed by atoms with Gasteiger partial charge >= 0.3 is 0 Å². The molecule has 0 saturated carbocycles. The van der Waals surface area contributed by atoms with Gasteiger partial charge < -0.3 is 5.32 Å².